The fraction of sp³-hybridized carbons (Fsp3) is 0.824. The average molecular weight is 313 g/mol. The molecule has 0 spiro atoms. The molecule has 21 heavy (non-hydrogen) atoms. The van der Waals surface area contributed by atoms with Crippen LogP contribution in [0.5, 0.6) is 0 Å². The molecule has 1 aliphatic carbocycles. The van der Waals surface area contributed by atoms with Crippen molar-refractivity contribution in [3.63, 3.8) is 0 Å². The van der Waals surface area contributed by atoms with Crippen LogP contribution in [0.3, 0.4) is 0 Å². The van der Waals surface area contributed by atoms with Crippen LogP contribution in [0.15, 0.2) is 11.6 Å². The summed E-state index contributed by atoms with van der Waals surface area (Å²) in [6.45, 7) is 4.38. The van der Waals surface area contributed by atoms with E-state index >= 15 is 0 Å². The van der Waals surface area contributed by atoms with Gasteiger partial charge in [-0.25, -0.2) is 0 Å². The van der Waals surface area contributed by atoms with Crippen molar-refractivity contribution < 1.29 is 4.79 Å². The highest BCUT2D eigenvalue weighted by Crippen LogP contribution is 2.29. The van der Waals surface area contributed by atoms with Gasteiger partial charge in [0.15, 0.2) is 0 Å². The van der Waals surface area contributed by atoms with E-state index in [-0.39, 0.29) is 12.4 Å². The number of hydrogen-bond donors (Lipinski definition) is 1. The highest BCUT2D eigenvalue weighted by atomic mass is 35.5. The number of carbonyl (C=O) groups excluding carboxylic acids is 1. The van der Waals surface area contributed by atoms with Gasteiger partial charge >= 0.3 is 0 Å². The van der Waals surface area contributed by atoms with Gasteiger partial charge < -0.3 is 10.2 Å². The lowest BCUT2D eigenvalue weighted by molar-refractivity contribution is -0.132. The lowest BCUT2D eigenvalue weighted by atomic mass is 9.83. The van der Waals surface area contributed by atoms with E-state index in [2.05, 4.69) is 16.3 Å². The summed E-state index contributed by atoms with van der Waals surface area (Å²) < 4.78 is 0. The summed E-state index contributed by atoms with van der Waals surface area (Å²) in [5.74, 6) is 2.09. The number of piperidine rings is 1. The largest absolute Gasteiger partial charge is 0.342 e. The summed E-state index contributed by atoms with van der Waals surface area (Å²) in [5, 5.41) is 3.47. The Kier molecular flexibility index (Phi) is 6.56. The van der Waals surface area contributed by atoms with Crippen molar-refractivity contribution in [3.8, 4) is 0 Å². The molecule has 2 heterocycles. The van der Waals surface area contributed by atoms with Gasteiger partial charge in [-0.15, -0.1) is 12.4 Å². The minimum Gasteiger partial charge on any atom is -0.342 e. The molecule has 120 valence electrons. The molecule has 0 saturated carbocycles. The Labute approximate surface area is 134 Å². The first-order valence-corrected chi connectivity index (χ1v) is 8.49. The molecule has 1 amide bonds. The number of rotatable bonds is 3. The predicted octanol–water partition coefficient (Wildman–Crippen LogP) is 3.15. The SMILES string of the molecule is Cl.O=C(CC1=CCCCC1)N1CCC(C2CCNC2)CC1. The fourth-order valence-electron chi connectivity index (χ4n) is 4.07. The minimum absolute atomic E-state index is 0. The second kappa shape index (κ2) is 8.19. The van der Waals surface area contributed by atoms with Gasteiger partial charge in [0.05, 0.1) is 0 Å². The summed E-state index contributed by atoms with van der Waals surface area (Å²) in [6, 6.07) is 0. The zero-order valence-corrected chi connectivity index (χ0v) is 13.8. The first kappa shape index (κ1) is 16.8. The normalized spacial score (nSPS) is 27.1. The van der Waals surface area contributed by atoms with Crippen molar-refractivity contribution in [1.82, 2.24) is 10.2 Å². The Hall–Kier alpha value is -0.540. The Morgan fingerprint density at radius 3 is 2.62 bits per heavy atom. The van der Waals surface area contributed by atoms with Crippen LogP contribution in [-0.4, -0.2) is 37.0 Å². The van der Waals surface area contributed by atoms with E-state index in [1.165, 1.54) is 57.2 Å². The maximum atomic E-state index is 12.4. The summed E-state index contributed by atoms with van der Waals surface area (Å²) >= 11 is 0. The molecule has 0 aromatic heterocycles. The molecule has 3 rings (SSSR count). The first-order valence-electron chi connectivity index (χ1n) is 8.49. The highest BCUT2D eigenvalue weighted by molar-refractivity contribution is 5.85. The number of hydrogen-bond acceptors (Lipinski definition) is 2. The van der Waals surface area contributed by atoms with E-state index < -0.39 is 0 Å². The number of nitrogens with zero attached hydrogens (tertiary/aromatic N) is 1. The summed E-state index contributed by atoms with van der Waals surface area (Å²) in [5.41, 5.74) is 1.39. The van der Waals surface area contributed by atoms with Crippen LogP contribution < -0.4 is 5.32 Å². The Balaban J connectivity index is 0.00000161. The van der Waals surface area contributed by atoms with E-state index in [1.54, 1.807) is 0 Å². The van der Waals surface area contributed by atoms with Crippen LogP contribution in [0.25, 0.3) is 0 Å². The predicted molar refractivity (Wildman–Crippen MR) is 88.7 cm³/mol. The molecule has 3 nitrogen and oxygen atoms in total. The Morgan fingerprint density at radius 1 is 1.19 bits per heavy atom. The lowest BCUT2D eigenvalue weighted by Gasteiger charge is -2.35. The molecular weight excluding hydrogens is 284 g/mol. The summed E-state index contributed by atoms with van der Waals surface area (Å²) in [4.78, 5) is 14.5. The van der Waals surface area contributed by atoms with Crippen molar-refractivity contribution in [2.75, 3.05) is 26.2 Å². The van der Waals surface area contributed by atoms with Gasteiger partial charge in [0.25, 0.3) is 0 Å². The molecule has 0 radical (unpaired) electrons. The summed E-state index contributed by atoms with van der Waals surface area (Å²) in [7, 11) is 0. The third kappa shape index (κ3) is 4.46. The standard InChI is InChI=1S/C17H28N2O.ClH/c20-17(12-14-4-2-1-3-5-14)19-10-7-15(8-11-19)16-6-9-18-13-16;/h4,15-16,18H,1-3,5-13H2;1H. The molecule has 2 saturated heterocycles. The monoisotopic (exact) mass is 312 g/mol. The lowest BCUT2D eigenvalue weighted by Crippen LogP contribution is -2.40. The average Bonchev–Trinajstić information content (AvgIpc) is 3.03. The first-order chi connectivity index (χ1) is 9.83. The topological polar surface area (TPSA) is 32.3 Å². The molecule has 0 bridgehead atoms. The number of likely N-dealkylation sites (tertiary alicyclic amines) is 1. The molecule has 4 heteroatoms. The third-order valence-corrected chi connectivity index (χ3v) is 5.42. The van der Waals surface area contributed by atoms with Gasteiger partial charge in [-0.2, -0.15) is 0 Å². The van der Waals surface area contributed by atoms with E-state index in [9.17, 15) is 4.79 Å². The van der Waals surface area contributed by atoms with Gasteiger partial charge in [-0.3, -0.25) is 4.79 Å². The zero-order valence-electron chi connectivity index (χ0n) is 13.0. The summed E-state index contributed by atoms with van der Waals surface area (Å²) in [6.07, 6.45) is 11.7. The number of carbonyl (C=O) groups is 1. The quantitative estimate of drug-likeness (QED) is 0.812. The molecule has 3 aliphatic rings. The van der Waals surface area contributed by atoms with E-state index in [4.69, 9.17) is 0 Å². The molecule has 0 aromatic carbocycles. The minimum atomic E-state index is 0. The highest BCUT2D eigenvalue weighted by Gasteiger charge is 2.30. The van der Waals surface area contributed by atoms with Gasteiger partial charge in [-0.1, -0.05) is 11.6 Å². The van der Waals surface area contributed by atoms with Crippen molar-refractivity contribution in [1.29, 1.82) is 0 Å². The van der Waals surface area contributed by atoms with Gasteiger partial charge in [0.1, 0.15) is 0 Å². The molecule has 1 atom stereocenters. The number of nitrogens with one attached hydrogen (secondary N) is 1. The van der Waals surface area contributed by atoms with Crippen molar-refractivity contribution in [2.24, 2.45) is 11.8 Å². The molecule has 2 aliphatic heterocycles. The van der Waals surface area contributed by atoms with Crippen LogP contribution in [0.4, 0.5) is 0 Å². The fourth-order valence-corrected chi connectivity index (χ4v) is 4.07. The molecule has 1 N–H and O–H groups in total. The van der Waals surface area contributed by atoms with Crippen LogP contribution in [0, 0.1) is 11.8 Å². The zero-order chi connectivity index (χ0) is 13.8. The maximum absolute atomic E-state index is 12.4. The Bertz CT molecular complexity index is 369. The van der Waals surface area contributed by atoms with E-state index in [1.807, 2.05) is 0 Å². The molecule has 1 unspecified atom stereocenters. The second-order valence-corrected chi connectivity index (χ2v) is 6.76. The number of amides is 1. The van der Waals surface area contributed by atoms with Crippen LogP contribution in [-0.2, 0) is 4.79 Å². The van der Waals surface area contributed by atoms with Gasteiger partial charge in [0.2, 0.25) is 5.91 Å². The molecule has 0 aromatic rings. The molecular formula is C17H29ClN2O. The van der Waals surface area contributed by atoms with Gasteiger partial charge in [-0.05, 0) is 69.9 Å². The van der Waals surface area contributed by atoms with Crippen LogP contribution in [0.1, 0.15) is 51.4 Å². The van der Waals surface area contributed by atoms with E-state index in [0.29, 0.717) is 12.3 Å². The smallest absolute Gasteiger partial charge is 0.226 e. The number of allylic oxidation sites excluding steroid dienone is 1. The molecule has 2 fully saturated rings. The van der Waals surface area contributed by atoms with E-state index in [0.717, 1.165) is 31.3 Å². The number of halogens is 1. The second-order valence-electron chi connectivity index (χ2n) is 6.76. The van der Waals surface area contributed by atoms with Crippen LogP contribution in [0.2, 0.25) is 0 Å². The Morgan fingerprint density at radius 2 is 2.00 bits per heavy atom. The van der Waals surface area contributed by atoms with Crippen LogP contribution >= 0.6 is 12.4 Å². The third-order valence-electron chi connectivity index (χ3n) is 5.42. The maximum Gasteiger partial charge on any atom is 0.226 e. The van der Waals surface area contributed by atoms with Crippen molar-refractivity contribution in [2.45, 2.75) is 51.4 Å². The van der Waals surface area contributed by atoms with Gasteiger partial charge in [0, 0.05) is 19.5 Å². The van der Waals surface area contributed by atoms with Crippen molar-refractivity contribution >= 4 is 18.3 Å². The van der Waals surface area contributed by atoms with Crippen molar-refractivity contribution in [3.05, 3.63) is 11.6 Å².